The van der Waals surface area contributed by atoms with E-state index in [-0.39, 0.29) is 6.04 Å². The largest absolute Gasteiger partial charge is 0.310 e. The molecule has 0 saturated carbocycles. The smallest absolute Gasteiger partial charge is 0.165 e. The van der Waals surface area contributed by atoms with Crippen LogP contribution in [0, 0.1) is 0 Å². The average Bonchev–Trinajstić information content (AvgIpc) is 2.87. The molecular formula is C13H18ClN5. The summed E-state index contributed by atoms with van der Waals surface area (Å²) in [5.74, 6) is 0.843. The van der Waals surface area contributed by atoms with Crippen molar-refractivity contribution < 1.29 is 0 Å². The molecule has 2 aromatic rings. The van der Waals surface area contributed by atoms with Gasteiger partial charge >= 0.3 is 0 Å². The fourth-order valence-electron chi connectivity index (χ4n) is 1.89. The second kappa shape index (κ2) is 6.63. The average molecular weight is 280 g/mol. The molecule has 0 aliphatic carbocycles. The van der Waals surface area contributed by atoms with E-state index in [1.807, 2.05) is 28.9 Å². The molecule has 0 fully saturated rings. The van der Waals surface area contributed by atoms with Gasteiger partial charge in [-0.05, 0) is 48.0 Å². The van der Waals surface area contributed by atoms with Crippen LogP contribution in [0.5, 0.6) is 0 Å². The van der Waals surface area contributed by atoms with Crippen molar-refractivity contribution in [1.29, 1.82) is 0 Å². The number of hydrogen-bond donors (Lipinski definition) is 1. The highest BCUT2D eigenvalue weighted by molar-refractivity contribution is 6.30. The topological polar surface area (TPSA) is 55.6 Å². The van der Waals surface area contributed by atoms with E-state index in [0.29, 0.717) is 6.54 Å². The molecule has 0 saturated heterocycles. The van der Waals surface area contributed by atoms with Crippen LogP contribution in [0.4, 0.5) is 0 Å². The summed E-state index contributed by atoms with van der Waals surface area (Å²) < 4.78 is 1.84. The zero-order valence-electron chi connectivity index (χ0n) is 11.2. The zero-order valence-corrected chi connectivity index (χ0v) is 11.9. The summed E-state index contributed by atoms with van der Waals surface area (Å²) in [5, 5.41) is 15.9. The maximum atomic E-state index is 5.90. The predicted octanol–water partition coefficient (Wildman–Crippen LogP) is 2.44. The minimum absolute atomic E-state index is 0.0886. The summed E-state index contributed by atoms with van der Waals surface area (Å²) in [6.07, 6.45) is 1.09. The number of halogens is 1. The van der Waals surface area contributed by atoms with Gasteiger partial charge in [-0.15, -0.1) is 5.10 Å². The Morgan fingerprint density at radius 2 is 2.05 bits per heavy atom. The van der Waals surface area contributed by atoms with Crippen LogP contribution in [0.3, 0.4) is 0 Å². The van der Waals surface area contributed by atoms with Crippen molar-refractivity contribution in [3.05, 3.63) is 40.7 Å². The molecule has 0 aliphatic heterocycles. The van der Waals surface area contributed by atoms with Gasteiger partial charge in [-0.3, -0.25) is 0 Å². The minimum Gasteiger partial charge on any atom is -0.310 e. The Hall–Kier alpha value is -1.46. The van der Waals surface area contributed by atoms with Gasteiger partial charge in [-0.1, -0.05) is 30.7 Å². The van der Waals surface area contributed by atoms with Crippen LogP contribution >= 0.6 is 11.6 Å². The van der Waals surface area contributed by atoms with Gasteiger partial charge < -0.3 is 5.32 Å². The standard InChI is InChI=1S/C13H18ClN5/c1-3-8-15-9-13-16-17-18-19(13)10(2)11-4-6-12(14)7-5-11/h4-7,10,15H,3,8-9H2,1-2H3. The lowest BCUT2D eigenvalue weighted by molar-refractivity contribution is 0.505. The third kappa shape index (κ3) is 3.52. The van der Waals surface area contributed by atoms with E-state index in [2.05, 4.69) is 34.7 Å². The Morgan fingerprint density at radius 3 is 2.74 bits per heavy atom. The molecule has 1 aromatic heterocycles. The Morgan fingerprint density at radius 1 is 1.32 bits per heavy atom. The van der Waals surface area contributed by atoms with Crippen molar-refractivity contribution >= 4 is 11.6 Å². The number of nitrogens with one attached hydrogen (secondary N) is 1. The van der Waals surface area contributed by atoms with Crippen molar-refractivity contribution in [2.45, 2.75) is 32.9 Å². The molecule has 0 bridgehead atoms. The third-order valence-electron chi connectivity index (χ3n) is 2.99. The Kier molecular flexibility index (Phi) is 4.87. The first-order chi connectivity index (χ1) is 9.22. The molecule has 0 amide bonds. The lowest BCUT2D eigenvalue weighted by atomic mass is 10.1. The van der Waals surface area contributed by atoms with Crippen molar-refractivity contribution in [3.63, 3.8) is 0 Å². The van der Waals surface area contributed by atoms with E-state index in [4.69, 9.17) is 11.6 Å². The van der Waals surface area contributed by atoms with Gasteiger partial charge in [0.2, 0.25) is 0 Å². The molecule has 0 aliphatic rings. The minimum atomic E-state index is 0.0886. The van der Waals surface area contributed by atoms with Gasteiger partial charge in [0.1, 0.15) is 0 Å². The molecule has 5 nitrogen and oxygen atoms in total. The highest BCUT2D eigenvalue weighted by atomic mass is 35.5. The van der Waals surface area contributed by atoms with Crippen LogP contribution in [0.1, 0.15) is 37.7 Å². The second-order valence-corrected chi connectivity index (χ2v) is 4.88. The molecule has 1 aromatic carbocycles. The zero-order chi connectivity index (χ0) is 13.7. The van der Waals surface area contributed by atoms with Crippen LogP contribution in [-0.2, 0) is 6.54 Å². The number of hydrogen-bond acceptors (Lipinski definition) is 4. The summed E-state index contributed by atoms with van der Waals surface area (Å²) in [7, 11) is 0. The summed E-state index contributed by atoms with van der Waals surface area (Å²) in [4.78, 5) is 0. The van der Waals surface area contributed by atoms with Crippen LogP contribution in [0.25, 0.3) is 0 Å². The highest BCUT2D eigenvalue weighted by Crippen LogP contribution is 2.19. The van der Waals surface area contributed by atoms with Gasteiger partial charge in [0.25, 0.3) is 0 Å². The Labute approximate surface area is 118 Å². The van der Waals surface area contributed by atoms with Crippen molar-refractivity contribution in [2.75, 3.05) is 6.54 Å². The number of tetrazole rings is 1. The van der Waals surface area contributed by atoms with Gasteiger partial charge in [0.15, 0.2) is 5.82 Å². The molecule has 1 unspecified atom stereocenters. The number of nitrogens with zero attached hydrogens (tertiary/aromatic N) is 4. The molecule has 1 atom stereocenters. The first-order valence-electron chi connectivity index (χ1n) is 6.45. The van der Waals surface area contributed by atoms with E-state index in [0.717, 1.165) is 29.4 Å². The summed E-state index contributed by atoms with van der Waals surface area (Å²) >= 11 is 5.90. The van der Waals surface area contributed by atoms with Gasteiger partial charge in [0.05, 0.1) is 12.6 Å². The van der Waals surface area contributed by atoms with Crippen molar-refractivity contribution in [3.8, 4) is 0 Å². The summed E-state index contributed by atoms with van der Waals surface area (Å²) in [6.45, 7) is 5.84. The van der Waals surface area contributed by atoms with E-state index < -0.39 is 0 Å². The van der Waals surface area contributed by atoms with Crippen LogP contribution in [0.2, 0.25) is 5.02 Å². The molecule has 1 heterocycles. The van der Waals surface area contributed by atoms with Crippen molar-refractivity contribution in [2.24, 2.45) is 0 Å². The normalized spacial score (nSPS) is 12.6. The van der Waals surface area contributed by atoms with E-state index in [9.17, 15) is 0 Å². The fourth-order valence-corrected chi connectivity index (χ4v) is 2.01. The quantitative estimate of drug-likeness (QED) is 0.825. The third-order valence-corrected chi connectivity index (χ3v) is 3.24. The maximum absolute atomic E-state index is 5.90. The predicted molar refractivity (Wildman–Crippen MR) is 75.1 cm³/mol. The van der Waals surface area contributed by atoms with Gasteiger partial charge in [-0.25, -0.2) is 4.68 Å². The fraction of sp³-hybridized carbons (Fsp3) is 0.462. The first kappa shape index (κ1) is 14.0. The van der Waals surface area contributed by atoms with Crippen LogP contribution in [-0.4, -0.2) is 26.8 Å². The first-order valence-corrected chi connectivity index (χ1v) is 6.83. The molecule has 1 N–H and O–H groups in total. The molecule has 102 valence electrons. The van der Waals surface area contributed by atoms with Crippen molar-refractivity contribution in [1.82, 2.24) is 25.5 Å². The van der Waals surface area contributed by atoms with E-state index in [1.165, 1.54) is 0 Å². The SMILES string of the molecule is CCCNCc1nnnn1C(C)c1ccc(Cl)cc1. The Bertz CT molecular complexity index is 508. The van der Waals surface area contributed by atoms with Gasteiger partial charge in [0, 0.05) is 5.02 Å². The maximum Gasteiger partial charge on any atom is 0.165 e. The molecule has 0 radical (unpaired) electrons. The summed E-state index contributed by atoms with van der Waals surface area (Å²) in [5.41, 5.74) is 1.13. The van der Waals surface area contributed by atoms with Crippen LogP contribution in [0.15, 0.2) is 24.3 Å². The molecule has 6 heteroatoms. The number of rotatable bonds is 6. The number of aromatic nitrogens is 4. The lowest BCUT2D eigenvalue weighted by Crippen LogP contribution is -2.20. The monoisotopic (exact) mass is 279 g/mol. The van der Waals surface area contributed by atoms with Gasteiger partial charge in [-0.2, -0.15) is 0 Å². The molecule has 19 heavy (non-hydrogen) atoms. The van der Waals surface area contributed by atoms with E-state index in [1.54, 1.807) is 0 Å². The Balaban J connectivity index is 2.12. The number of benzene rings is 1. The van der Waals surface area contributed by atoms with Crippen LogP contribution < -0.4 is 5.32 Å². The second-order valence-electron chi connectivity index (χ2n) is 4.44. The molecular weight excluding hydrogens is 262 g/mol. The molecule has 2 rings (SSSR count). The lowest BCUT2D eigenvalue weighted by Gasteiger charge is -2.14. The molecule has 0 spiro atoms. The van der Waals surface area contributed by atoms with E-state index >= 15 is 0 Å². The highest BCUT2D eigenvalue weighted by Gasteiger charge is 2.14. The summed E-state index contributed by atoms with van der Waals surface area (Å²) in [6, 6.07) is 7.85.